The van der Waals surface area contributed by atoms with E-state index >= 15 is 0 Å². The van der Waals surface area contributed by atoms with Crippen LogP contribution in [0, 0.1) is 0 Å². The molecule has 2 rings (SSSR count). The number of aliphatic imine (C=N–C) groups is 1. The van der Waals surface area contributed by atoms with Crippen molar-refractivity contribution in [3.05, 3.63) is 0 Å². The van der Waals surface area contributed by atoms with Crippen molar-refractivity contribution in [2.75, 3.05) is 39.8 Å². The zero-order valence-corrected chi connectivity index (χ0v) is 19.2. The summed E-state index contributed by atoms with van der Waals surface area (Å²) in [7, 11) is 1.79. The van der Waals surface area contributed by atoms with E-state index in [0.717, 1.165) is 18.9 Å². The predicted molar refractivity (Wildman–Crippen MR) is 116 cm³/mol. The molecule has 152 valence electrons. The summed E-state index contributed by atoms with van der Waals surface area (Å²) in [4.78, 5) is 20.6. The third kappa shape index (κ3) is 7.09. The van der Waals surface area contributed by atoms with Crippen molar-refractivity contribution in [3.8, 4) is 0 Å². The standard InChI is InChI=1S/C18H35N5O2.HI/c1-6-15(22-9-7-8-10-22)11-20-16(19-5)21-14-12-23(13-14)17(24)25-18(2,3)4;/h14-15H,6-13H2,1-5H3,(H2,19,20,21);1H. The molecule has 0 aromatic carbocycles. The van der Waals surface area contributed by atoms with E-state index < -0.39 is 5.60 Å². The fraction of sp³-hybridized carbons (Fsp3) is 0.889. The van der Waals surface area contributed by atoms with Gasteiger partial charge in [-0.1, -0.05) is 6.92 Å². The van der Waals surface area contributed by atoms with Crippen molar-refractivity contribution in [3.63, 3.8) is 0 Å². The Morgan fingerprint density at radius 1 is 1.27 bits per heavy atom. The van der Waals surface area contributed by atoms with Crippen LogP contribution in [0.3, 0.4) is 0 Å². The van der Waals surface area contributed by atoms with Crippen molar-refractivity contribution >= 4 is 36.0 Å². The maximum Gasteiger partial charge on any atom is 0.410 e. The van der Waals surface area contributed by atoms with Crippen LogP contribution in [0.5, 0.6) is 0 Å². The molecule has 2 aliphatic heterocycles. The molecular formula is C18H36IN5O2. The second-order valence-electron chi connectivity index (χ2n) is 7.98. The zero-order valence-electron chi connectivity index (χ0n) is 16.9. The summed E-state index contributed by atoms with van der Waals surface area (Å²) in [6.45, 7) is 12.5. The molecule has 1 unspecified atom stereocenters. The number of amides is 1. The van der Waals surface area contributed by atoms with Crippen LogP contribution in [0.2, 0.25) is 0 Å². The van der Waals surface area contributed by atoms with E-state index in [0.29, 0.717) is 19.1 Å². The Morgan fingerprint density at radius 2 is 1.88 bits per heavy atom. The lowest BCUT2D eigenvalue weighted by Gasteiger charge is -2.40. The molecule has 0 aliphatic carbocycles. The largest absolute Gasteiger partial charge is 0.444 e. The Balaban J connectivity index is 0.00000338. The van der Waals surface area contributed by atoms with E-state index in [-0.39, 0.29) is 36.1 Å². The number of likely N-dealkylation sites (tertiary alicyclic amines) is 2. The number of hydrogen-bond donors (Lipinski definition) is 2. The van der Waals surface area contributed by atoms with Crippen molar-refractivity contribution in [2.24, 2.45) is 4.99 Å². The topological polar surface area (TPSA) is 69.2 Å². The van der Waals surface area contributed by atoms with Gasteiger partial charge < -0.3 is 20.3 Å². The van der Waals surface area contributed by atoms with Crippen LogP contribution in [0.1, 0.15) is 47.0 Å². The molecule has 26 heavy (non-hydrogen) atoms. The molecule has 2 N–H and O–H groups in total. The van der Waals surface area contributed by atoms with E-state index in [1.54, 1.807) is 11.9 Å². The fourth-order valence-corrected chi connectivity index (χ4v) is 3.29. The average Bonchev–Trinajstić information content (AvgIpc) is 3.01. The highest BCUT2D eigenvalue weighted by Gasteiger charge is 2.34. The van der Waals surface area contributed by atoms with Crippen molar-refractivity contribution in [1.82, 2.24) is 20.4 Å². The molecule has 0 spiro atoms. The Kier molecular flexibility index (Phi) is 9.43. The highest BCUT2D eigenvalue weighted by atomic mass is 127. The third-order valence-corrected chi connectivity index (χ3v) is 4.73. The molecule has 8 heteroatoms. The quantitative estimate of drug-likeness (QED) is 0.358. The number of ether oxygens (including phenoxy) is 1. The monoisotopic (exact) mass is 481 g/mol. The minimum atomic E-state index is -0.446. The van der Waals surface area contributed by atoms with Crippen LogP contribution < -0.4 is 10.6 Å². The van der Waals surface area contributed by atoms with Gasteiger partial charge in [-0.15, -0.1) is 24.0 Å². The normalized spacial score (nSPS) is 20.2. The average molecular weight is 481 g/mol. The lowest BCUT2D eigenvalue weighted by molar-refractivity contribution is 0.00700. The van der Waals surface area contributed by atoms with Gasteiger partial charge >= 0.3 is 6.09 Å². The van der Waals surface area contributed by atoms with Crippen molar-refractivity contribution in [2.45, 2.75) is 64.6 Å². The Hall–Kier alpha value is -0.770. The van der Waals surface area contributed by atoms with E-state index in [1.807, 2.05) is 20.8 Å². The first-order chi connectivity index (χ1) is 11.8. The van der Waals surface area contributed by atoms with Crippen molar-refractivity contribution < 1.29 is 9.53 Å². The molecule has 2 heterocycles. The van der Waals surface area contributed by atoms with E-state index in [9.17, 15) is 4.79 Å². The number of hydrogen-bond acceptors (Lipinski definition) is 4. The number of halogens is 1. The van der Waals surface area contributed by atoms with Gasteiger partial charge in [-0.05, 0) is 53.1 Å². The number of carbonyl (C=O) groups is 1. The first-order valence-corrected chi connectivity index (χ1v) is 9.51. The highest BCUT2D eigenvalue weighted by Crippen LogP contribution is 2.15. The molecule has 0 radical (unpaired) electrons. The minimum Gasteiger partial charge on any atom is -0.444 e. The van der Waals surface area contributed by atoms with Gasteiger partial charge in [0, 0.05) is 32.7 Å². The van der Waals surface area contributed by atoms with Crippen LogP contribution in [-0.4, -0.2) is 79.3 Å². The number of nitrogens with zero attached hydrogens (tertiary/aromatic N) is 3. The summed E-state index contributed by atoms with van der Waals surface area (Å²) in [5, 5.41) is 6.83. The van der Waals surface area contributed by atoms with Gasteiger partial charge in [-0.3, -0.25) is 9.89 Å². The molecule has 7 nitrogen and oxygen atoms in total. The lowest BCUT2D eigenvalue weighted by Crippen LogP contribution is -2.63. The Labute approximate surface area is 175 Å². The molecule has 2 aliphatic rings. The maximum atomic E-state index is 12.0. The van der Waals surface area contributed by atoms with Gasteiger partial charge in [0.15, 0.2) is 5.96 Å². The second kappa shape index (κ2) is 10.5. The van der Waals surface area contributed by atoms with E-state index in [1.165, 1.54) is 25.9 Å². The summed E-state index contributed by atoms with van der Waals surface area (Å²) >= 11 is 0. The van der Waals surface area contributed by atoms with Crippen LogP contribution in [0.4, 0.5) is 4.79 Å². The molecule has 0 saturated carbocycles. The lowest BCUT2D eigenvalue weighted by atomic mass is 10.1. The van der Waals surface area contributed by atoms with Gasteiger partial charge in [0.1, 0.15) is 5.60 Å². The molecule has 0 bridgehead atoms. The smallest absolute Gasteiger partial charge is 0.410 e. The zero-order chi connectivity index (χ0) is 18.4. The molecule has 0 aromatic rings. The Morgan fingerprint density at radius 3 is 2.38 bits per heavy atom. The van der Waals surface area contributed by atoms with Crippen LogP contribution in [0.25, 0.3) is 0 Å². The van der Waals surface area contributed by atoms with Crippen LogP contribution >= 0.6 is 24.0 Å². The van der Waals surface area contributed by atoms with E-state index in [4.69, 9.17) is 4.74 Å². The van der Waals surface area contributed by atoms with Gasteiger partial charge in [0.2, 0.25) is 0 Å². The first kappa shape index (κ1) is 23.3. The third-order valence-electron chi connectivity index (χ3n) is 4.73. The molecule has 0 aromatic heterocycles. The van der Waals surface area contributed by atoms with Crippen molar-refractivity contribution in [1.29, 1.82) is 0 Å². The summed E-state index contributed by atoms with van der Waals surface area (Å²) in [6.07, 6.45) is 3.52. The molecular weight excluding hydrogens is 445 g/mol. The fourth-order valence-electron chi connectivity index (χ4n) is 3.29. The number of rotatable bonds is 5. The maximum absolute atomic E-state index is 12.0. The van der Waals surface area contributed by atoms with Gasteiger partial charge in [0.05, 0.1) is 6.04 Å². The predicted octanol–water partition coefficient (Wildman–Crippen LogP) is 2.26. The molecule has 2 saturated heterocycles. The SMILES string of the molecule is CCC(CNC(=NC)NC1CN(C(=O)OC(C)(C)C)C1)N1CCCC1.I. The van der Waals surface area contributed by atoms with Gasteiger partial charge in [0.25, 0.3) is 0 Å². The van der Waals surface area contributed by atoms with Gasteiger partial charge in [-0.25, -0.2) is 4.79 Å². The summed E-state index contributed by atoms with van der Waals surface area (Å²) in [5.41, 5.74) is -0.446. The summed E-state index contributed by atoms with van der Waals surface area (Å²) in [6, 6.07) is 0.784. The molecule has 1 atom stereocenters. The van der Waals surface area contributed by atoms with Gasteiger partial charge in [-0.2, -0.15) is 0 Å². The van der Waals surface area contributed by atoms with Crippen LogP contribution in [-0.2, 0) is 4.74 Å². The van der Waals surface area contributed by atoms with Crippen LogP contribution in [0.15, 0.2) is 4.99 Å². The minimum absolute atomic E-state index is 0. The molecule has 1 amide bonds. The number of nitrogens with one attached hydrogen (secondary N) is 2. The summed E-state index contributed by atoms with van der Waals surface area (Å²) in [5.74, 6) is 0.812. The van der Waals surface area contributed by atoms with E-state index in [2.05, 4.69) is 27.4 Å². The Bertz CT molecular complexity index is 469. The number of guanidine groups is 1. The number of carbonyl (C=O) groups excluding carboxylic acids is 1. The highest BCUT2D eigenvalue weighted by molar-refractivity contribution is 14.0. The summed E-state index contributed by atoms with van der Waals surface area (Å²) < 4.78 is 5.38. The second-order valence-corrected chi connectivity index (χ2v) is 7.98. The first-order valence-electron chi connectivity index (χ1n) is 9.51. The molecule has 2 fully saturated rings.